The van der Waals surface area contributed by atoms with Gasteiger partial charge in [0.25, 0.3) is 11.8 Å². The van der Waals surface area contributed by atoms with Gasteiger partial charge in [0.1, 0.15) is 6.04 Å². The van der Waals surface area contributed by atoms with E-state index in [-0.39, 0.29) is 5.91 Å². The zero-order valence-electron chi connectivity index (χ0n) is 10.6. The Morgan fingerprint density at radius 3 is 2.00 bits per heavy atom. The van der Waals surface area contributed by atoms with Gasteiger partial charge in [-0.2, -0.15) is 0 Å². The molecule has 2 aromatic rings. The van der Waals surface area contributed by atoms with Crippen molar-refractivity contribution in [2.45, 2.75) is 6.04 Å². The summed E-state index contributed by atoms with van der Waals surface area (Å²) >= 11 is 0. The quantitative estimate of drug-likeness (QED) is 0.584. The summed E-state index contributed by atoms with van der Waals surface area (Å²) < 4.78 is 0. The van der Waals surface area contributed by atoms with Crippen LogP contribution in [0.5, 0.6) is 0 Å². The van der Waals surface area contributed by atoms with Crippen molar-refractivity contribution < 1.29 is 14.8 Å². The Labute approximate surface area is 116 Å². The number of amides is 2. The third-order valence-corrected chi connectivity index (χ3v) is 2.82. The summed E-state index contributed by atoms with van der Waals surface area (Å²) in [6.45, 7) is 0. The van der Waals surface area contributed by atoms with Crippen molar-refractivity contribution in [1.29, 1.82) is 0 Å². The van der Waals surface area contributed by atoms with Gasteiger partial charge in [-0.25, -0.2) is 5.48 Å². The van der Waals surface area contributed by atoms with Crippen LogP contribution in [0.4, 0.5) is 0 Å². The fourth-order valence-corrected chi connectivity index (χ4v) is 1.81. The number of hydrogen-bond donors (Lipinski definition) is 3. The third kappa shape index (κ3) is 3.21. The molecule has 0 fully saturated rings. The average molecular weight is 270 g/mol. The van der Waals surface area contributed by atoms with Gasteiger partial charge < -0.3 is 5.32 Å². The van der Waals surface area contributed by atoms with Crippen LogP contribution in [0.25, 0.3) is 0 Å². The Bertz CT molecular complexity index is 585. The average Bonchev–Trinajstić information content (AvgIpc) is 2.53. The van der Waals surface area contributed by atoms with E-state index in [1.165, 1.54) is 0 Å². The molecule has 5 nitrogen and oxygen atoms in total. The summed E-state index contributed by atoms with van der Waals surface area (Å²) in [7, 11) is 0. The number of hydroxylamine groups is 1. The number of hydrogen-bond acceptors (Lipinski definition) is 3. The number of nitrogens with one attached hydrogen (secondary N) is 2. The molecular formula is C15H14N2O3. The maximum atomic E-state index is 12.1. The van der Waals surface area contributed by atoms with Crippen LogP contribution in [0.15, 0.2) is 60.7 Å². The first-order chi connectivity index (χ1) is 9.72. The predicted molar refractivity (Wildman–Crippen MR) is 73.0 cm³/mol. The molecule has 0 heterocycles. The minimum absolute atomic E-state index is 0.386. The van der Waals surface area contributed by atoms with Crippen LogP contribution in [0, 0.1) is 0 Å². The SMILES string of the molecule is O=C(N[C@H](C(=O)NO)c1ccccc1)c1ccccc1. The highest BCUT2D eigenvalue weighted by atomic mass is 16.5. The molecule has 3 N–H and O–H groups in total. The van der Waals surface area contributed by atoms with Gasteiger partial charge in [0.05, 0.1) is 0 Å². The van der Waals surface area contributed by atoms with Crippen molar-refractivity contribution >= 4 is 11.8 Å². The molecule has 0 aromatic heterocycles. The molecule has 0 unspecified atom stereocenters. The topological polar surface area (TPSA) is 78.4 Å². The van der Waals surface area contributed by atoms with E-state index in [0.717, 1.165) is 0 Å². The van der Waals surface area contributed by atoms with Gasteiger partial charge in [-0.15, -0.1) is 0 Å². The molecule has 1 atom stereocenters. The van der Waals surface area contributed by atoms with Gasteiger partial charge in [0.15, 0.2) is 0 Å². The molecule has 0 spiro atoms. The molecule has 2 amide bonds. The van der Waals surface area contributed by atoms with E-state index < -0.39 is 11.9 Å². The number of carbonyl (C=O) groups excluding carboxylic acids is 2. The van der Waals surface area contributed by atoms with E-state index in [2.05, 4.69) is 5.32 Å². The molecular weight excluding hydrogens is 256 g/mol. The molecule has 0 saturated carbocycles. The standard InChI is InChI=1S/C15H14N2O3/c18-14(12-9-5-2-6-10-12)16-13(15(19)17-20)11-7-3-1-4-8-11/h1-10,13,20H,(H,16,18)(H,17,19)/t13-/m0/s1. The summed E-state index contributed by atoms with van der Waals surface area (Å²) in [5, 5.41) is 11.4. The third-order valence-electron chi connectivity index (χ3n) is 2.82. The highest BCUT2D eigenvalue weighted by Gasteiger charge is 2.22. The predicted octanol–water partition coefficient (Wildman–Crippen LogP) is 1.66. The van der Waals surface area contributed by atoms with Gasteiger partial charge in [-0.3, -0.25) is 14.8 Å². The fraction of sp³-hybridized carbons (Fsp3) is 0.0667. The van der Waals surface area contributed by atoms with Crippen molar-refractivity contribution in [3.05, 3.63) is 71.8 Å². The molecule has 0 saturated heterocycles. The lowest BCUT2D eigenvalue weighted by molar-refractivity contribution is -0.131. The van der Waals surface area contributed by atoms with E-state index in [1.54, 1.807) is 66.1 Å². The van der Waals surface area contributed by atoms with Crippen LogP contribution >= 0.6 is 0 Å². The Morgan fingerprint density at radius 2 is 1.45 bits per heavy atom. The van der Waals surface area contributed by atoms with Crippen LogP contribution in [-0.2, 0) is 4.79 Å². The summed E-state index contributed by atoms with van der Waals surface area (Å²) in [6, 6.07) is 16.3. The first-order valence-electron chi connectivity index (χ1n) is 6.07. The highest BCUT2D eigenvalue weighted by molar-refractivity contribution is 5.97. The minimum Gasteiger partial charge on any atom is -0.336 e. The molecule has 2 aromatic carbocycles. The lowest BCUT2D eigenvalue weighted by atomic mass is 10.1. The molecule has 0 bridgehead atoms. The Hall–Kier alpha value is -2.66. The molecule has 0 aliphatic carbocycles. The Kier molecular flexibility index (Phi) is 4.47. The number of rotatable bonds is 4. The molecule has 0 aliphatic heterocycles. The number of carbonyl (C=O) groups is 2. The van der Waals surface area contributed by atoms with Gasteiger partial charge in [-0.1, -0.05) is 48.5 Å². The van der Waals surface area contributed by atoms with Crippen molar-refractivity contribution in [2.24, 2.45) is 0 Å². The second-order valence-corrected chi connectivity index (χ2v) is 4.16. The van der Waals surface area contributed by atoms with Crippen LogP contribution in [0.1, 0.15) is 22.0 Å². The lowest BCUT2D eigenvalue weighted by Crippen LogP contribution is -2.39. The van der Waals surface area contributed by atoms with Gasteiger partial charge in [0, 0.05) is 5.56 Å². The smallest absolute Gasteiger partial charge is 0.270 e. The minimum atomic E-state index is -0.950. The highest BCUT2D eigenvalue weighted by Crippen LogP contribution is 2.13. The zero-order chi connectivity index (χ0) is 14.4. The summed E-state index contributed by atoms with van der Waals surface area (Å²) in [4.78, 5) is 23.8. The second-order valence-electron chi connectivity index (χ2n) is 4.16. The number of benzene rings is 2. The van der Waals surface area contributed by atoms with Gasteiger partial charge in [-0.05, 0) is 17.7 Å². The molecule has 5 heteroatoms. The summed E-state index contributed by atoms with van der Waals surface area (Å²) in [5.74, 6) is -1.08. The van der Waals surface area contributed by atoms with Crippen LogP contribution in [-0.4, -0.2) is 17.0 Å². The van der Waals surface area contributed by atoms with Crippen LogP contribution in [0.3, 0.4) is 0 Å². The van der Waals surface area contributed by atoms with Crippen molar-refractivity contribution in [3.8, 4) is 0 Å². The molecule has 0 radical (unpaired) electrons. The zero-order valence-corrected chi connectivity index (χ0v) is 10.6. The van der Waals surface area contributed by atoms with Gasteiger partial charge >= 0.3 is 0 Å². The maximum Gasteiger partial charge on any atom is 0.270 e. The van der Waals surface area contributed by atoms with Crippen LogP contribution < -0.4 is 10.8 Å². The molecule has 0 aliphatic rings. The van der Waals surface area contributed by atoms with E-state index in [4.69, 9.17) is 5.21 Å². The van der Waals surface area contributed by atoms with Crippen molar-refractivity contribution in [2.75, 3.05) is 0 Å². The van der Waals surface area contributed by atoms with E-state index in [9.17, 15) is 9.59 Å². The molecule has 102 valence electrons. The normalized spacial score (nSPS) is 11.4. The van der Waals surface area contributed by atoms with E-state index in [1.807, 2.05) is 0 Å². The van der Waals surface area contributed by atoms with E-state index >= 15 is 0 Å². The lowest BCUT2D eigenvalue weighted by Gasteiger charge is -2.17. The first kappa shape index (κ1) is 13.8. The molecule has 20 heavy (non-hydrogen) atoms. The van der Waals surface area contributed by atoms with Crippen LogP contribution in [0.2, 0.25) is 0 Å². The Balaban J connectivity index is 2.21. The van der Waals surface area contributed by atoms with Crippen molar-refractivity contribution in [1.82, 2.24) is 10.8 Å². The van der Waals surface area contributed by atoms with E-state index in [0.29, 0.717) is 11.1 Å². The first-order valence-corrected chi connectivity index (χ1v) is 6.07. The molecule has 2 rings (SSSR count). The Morgan fingerprint density at radius 1 is 0.900 bits per heavy atom. The summed E-state index contributed by atoms with van der Waals surface area (Å²) in [6.07, 6.45) is 0. The fourth-order valence-electron chi connectivity index (χ4n) is 1.81. The maximum absolute atomic E-state index is 12.1. The van der Waals surface area contributed by atoms with Crippen molar-refractivity contribution in [3.63, 3.8) is 0 Å². The largest absolute Gasteiger partial charge is 0.336 e. The summed E-state index contributed by atoms with van der Waals surface area (Å²) in [5.41, 5.74) is 2.60. The van der Waals surface area contributed by atoms with Gasteiger partial charge in [0.2, 0.25) is 0 Å². The monoisotopic (exact) mass is 270 g/mol. The second kappa shape index (κ2) is 6.49.